The Kier molecular flexibility index (Phi) is 4.21. The molecule has 0 bridgehead atoms. The molecule has 0 fully saturated rings. The maximum atomic E-state index is 13.0. The molecule has 5 nitrogen and oxygen atoms in total. The van der Waals surface area contributed by atoms with Crippen molar-refractivity contribution in [2.75, 3.05) is 7.11 Å². The van der Waals surface area contributed by atoms with Crippen LogP contribution in [0, 0.1) is 0 Å². The van der Waals surface area contributed by atoms with Gasteiger partial charge < -0.3 is 14.3 Å². The van der Waals surface area contributed by atoms with E-state index >= 15 is 0 Å². The molecule has 23 heavy (non-hydrogen) atoms. The summed E-state index contributed by atoms with van der Waals surface area (Å²) in [6.45, 7) is -0.0939. The van der Waals surface area contributed by atoms with Crippen molar-refractivity contribution < 1.29 is 22.7 Å². The molecule has 0 spiro atoms. The monoisotopic (exact) mass is 332 g/mol. The Labute approximate surface area is 134 Å². The van der Waals surface area contributed by atoms with Crippen molar-refractivity contribution in [3.8, 4) is 0 Å². The van der Waals surface area contributed by atoms with Crippen molar-refractivity contribution in [2.24, 2.45) is 0 Å². The fourth-order valence-corrected chi connectivity index (χ4v) is 4.13. The van der Waals surface area contributed by atoms with Gasteiger partial charge in [-0.1, -0.05) is 18.2 Å². The minimum Gasteiger partial charge on any atom is -0.464 e. The highest BCUT2D eigenvalue weighted by Crippen LogP contribution is 2.30. The zero-order valence-corrected chi connectivity index (χ0v) is 13.3. The van der Waals surface area contributed by atoms with Gasteiger partial charge in [0.05, 0.1) is 29.3 Å². The number of ether oxygens (including phenoxy) is 1. The highest BCUT2D eigenvalue weighted by Gasteiger charge is 2.23. The van der Waals surface area contributed by atoms with E-state index in [4.69, 9.17) is 9.15 Å². The van der Waals surface area contributed by atoms with Crippen LogP contribution in [0.5, 0.6) is 0 Å². The fraction of sp³-hybridized carbons (Fsp3) is 0.176. The van der Waals surface area contributed by atoms with Crippen LogP contribution in [0.4, 0.5) is 0 Å². The van der Waals surface area contributed by atoms with Gasteiger partial charge >= 0.3 is 0 Å². The summed E-state index contributed by atoms with van der Waals surface area (Å²) in [5, 5.41) is 10.1. The van der Waals surface area contributed by atoms with Gasteiger partial charge in [-0.15, -0.1) is 0 Å². The molecular weight excluding hydrogens is 316 g/mol. The molecule has 0 radical (unpaired) electrons. The van der Waals surface area contributed by atoms with Gasteiger partial charge in [0, 0.05) is 18.1 Å². The number of sulfone groups is 1. The lowest BCUT2D eigenvalue weighted by molar-refractivity contribution is 0.182. The summed E-state index contributed by atoms with van der Waals surface area (Å²) in [7, 11) is -2.21. The summed E-state index contributed by atoms with van der Waals surface area (Å²) in [4.78, 5) is 0.326. The van der Waals surface area contributed by atoms with E-state index in [1.54, 1.807) is 36.4 Å². The van der Waals surface area contributed by atoms with Gasteiger partial charge in [-0.25, -0.2) is 8.42 Å². The maximum absolute atomic E-state index is 13.0. The summed E-state index contributed by atoms with van der Waals surface area (Å²) >= 11 is 0. The number of hydrogen-bond acceptors (Lipinski definition) is 5. The van der Waals surface area contributed by atoms with Gasteiger partial charge in [0.2, 0.25) is 9.84 Å². The number of hydrogen-bond donors (Lipinski definition) is 1. The normalized spacial score (nSPS) is 11.9. The molecule has 0 amide bonds. The van der Waals surface area contributed by atoms with Crippen LogP contribution in [0.1, 0.15) is 11.1 Å². The quantitative estimate of drug-likeness (QED) is 0.777. The lowest BCUT2D eigenvalue weighted by Crippen LogP contribution is -2.07. The molecule has 6 heteroatoms. The van der Waals surface area contributed by atoms with Crippen LogP contribution < -0.4 is 0 Å². The number of fused-ring (bicyclic) bond motifs is 1. The second kappa shape index (κ2) is 6.16. The highest BCUT2D eigenvalue weighted by atomic mass is 32.2. The first kappa shape index (κ1) is 15.7. The summed E-state index contributed by atoms with van der Waals surface area (Å²) in [6.07, 6.45) is 1.47. The van der Waals surface area contributed by atoms with E-state index in [9.17, 15) is 13.5 Å². The lowest BCUT2D eigenvalue weighted by Gasteiger charge is -2.11. The molecule has 1 heterocycles. The number of methoxy groups -OCH3 is 1. The zero-order valence-electron chi connectivity index (χ0n) is 12.5. The predicted molar refractivity (Wildman–Crippen MR) is 84.7 cm³/mol. The van der Waals surface area contributed by atoms with Gasteiger partial charge in [0.1, 0.15) is 5.58 Å². The average Bonchev–Trinajstić information content (AvgIpc) is 3.03. The molecule has 1 aromatic heterocycles. The van der Waals surface area contributed by atoms with E-state index in [1.165, 1.54) is 19.4 Å². The third-order valence-corrected chi connectivity index (χ3v) is 5.48. The average molecular weight is 332 g/mol. The maximum Gasteiger partial charge on any atom is 0.206 e. The topological polar surface area (TPSA) is 76.7 Å². The number of aliphatic hydroxyl groups excluding tert-OH is 1. The van der Waals surface area contributed by atoms with Crippen molar-refractivity contribution in [2.45, 2.75) is 23.0 Å². The molecule has 0 aliphatic carbocycles. The number of aliphatic hydroxyl groups is 1. The molecule has 0 saturated carbocycles. The van der Waals surface area contributed by atoms with Gasteiger partial charge in [-0.3, -0.25) is 0 Å². The van der Waals surface area contributed by atoms with Gasteiger partial charge in [-0.05, 0) is 29.8 Å². The van der Waals surface area contributed by atoms with Crippen LogP contribution in [-0.2, 0) is 27.8 Å². The molecule has 0 unspecified atom stereocenters. The first-order valence-electron chi connectivity index (χ1n) is 7.01. The van der Waals surface area contributed by atoms with Crippen molar-refractivity contribution in [1.82, 2.24) is 0 Å². The minimum absolute atomic E-state index is 0.124. The van der Waals surface area contributed by atoms with E-state index < -0.39 is 9.84 Å². The number of benzene rings is 2. The van der Waals surface area contributed by atoms with Gasteiger partial charge in [0.25, 0.3) is 0 Å². The van der Waals surface area contributed by atoms with Crippen LogP contribution in [0.25, 0.3) is 11.0 Å². The molecule has 2 aromatic carbocycles. The van der Waals surface area contributed by atoms with Crippen LogP contribution in [-0.4, -0.2) is 20.6 Å². The molecule has 3 rings (SSSR count). The summed E-state index contributed by atoms with van der Waals surface area (Å²) in [5.41, 5.74) is 1.53. The predicted octanol–water partition coefficient (Wildman–Crippen LogP) is 2.90. The third kappa shape index (κ3) is 2.76. The lowest BCUT2D eigenvalue weighted by atomic mass is 10.2. The highest BCUT2D eigenvalue weighted by molar-refractivity contribution is 7.91. The fourth-order valence-electron chi connectivity index (χ4n) is 2.57. The molecule has 3 aromatic rings. The van der Waals surface area contributed by atoms with Crippen LogP contribution in [0.2, 0.25) is 0 Å². The van der Waals surface area contributed by atoms with Crippen LogP contribution >= 0.6 is 0 Å². The Bertz CT molecular complexity index is 941. The van der Waals surface area contributed by atoms with Gasteiger partial charge in [0.15, 0.2) is 0 Å². The number of rotatable bonds is 5. The first-order valence-corrected chi connectivity index (χ1v) is 8.49. The van der Waals surface area contributed by atoms with Crippen molar-refractivity contribution in [1.29, 1.82) is 0 Å². The summed E-state index contributed by atoms with van der Waals surface area (Å²) in [6, 6.07) is 11.4. The van der Waals surface area contributed by atoms with Crippen molar-refractivity contribution >= 4 is 20.8 Å². The van der Waals surface area contributed by atoms with E-state index in [0.717, 1.165) is 0 Å². The second-order valence-electron chi connectivity index (χ2n) is 5.12. The largest absolute Gasteiger partial charge is 0.464 e. The third-order valence-electron chi connectivity index (χ3n) is 3.64. The Hall–Kier alpha value is -2.15. The van der Waals surface area contributed by atoms with Crippen LogP contribution in [0.15, 0.2) is 62.9 Å². The molecule has 1 N–H and O–H groups in total. The first-order chi connectivity index (χ1) is 11.1. The Balaban J connectivity index is 2.21. The molecule has 120 valence electrons. The van der Waals surface area contributed by atoms with E-state index in [0.29, 0.717) is 22.1 Å². The van der Waals surface area contributed by atoms with Crippen molar-refractivity contribution in [3.05, 3.63) is 59.9 Å². The molecule has 0 aliphatic rings. The molecule has 0 saturated heterocycles. The molecular formula is C17H16O5S. The second-order valence-corrected chi connectivity index (χ2v) is 7.04. The minimum atomic E-state index is -3.73. The number of furan rings is 1. The van der Waals surface area contributed by atoms with E-state index in [-0.39, 0.29) is 23.0 Å². The Morgan fingerprint density at radius 2 is 1.91 bits per heavy atom. The standard InChI is InChI=1S/C17H16O5S/c1-21-11-13-4-2-3-5-16(13)23(19,20)15-8-12-6-7-22-17(12)14(9-15)10-18/h2-9,18H,10-11H2,1H3. The van der Waals surface area contributed by atoms with E-state index in [1.807, 2.05) is 0 Å². The SMILES string of the molecule is COCc1ccccc1S(=O)(=O)c1cc(CO)c2occc2c1. The Morgan fingerprint density at radius 3 is 2.65 bits per heavy atom. The zero-order chi connectivity index (χ0) is 16.4. The Morgan fingerprint density at radius 1 is 1.13 bits per heavy atom. The van der Waals surface area contributed by atoms with Crippen molar-refractivity contribution in [3.63, 3.8) is 0 Å². The molecule has 0 atom stereocenters. The van der Waals surface area contributed by atoms with Gasteiger partial charge in [-0.2, -0.15) is 0 Å². The summed E-state index contributed by atoms with van der Waals surface area (Å²) < 4.78 is 36.4. The molecule has 0 aliphatic heterocycles. The van der Waals surface area contributed by atoms with E-state index in [2.05, 4.69) is 0 Å². The van der Waals surface area contributed by atoms with Crippen LogP contribution in [0.3, 0.4) is 0 Å². The smallest absolute Gasteiger partial charge is 0.206 e. The summed E-state index contributed by atoms with van der Waals surface area (Å²) in [5.74, 6) is 0.